The predicted octanol–water partition coefficient (Wildman–Crippen LogP) is 4.37. The Morgan fingerprint density at radius 2 is 1.92 bits per heavy atom. The standard InChI is InChI=1S/C17H12BrN5OS/c18-13-6-4-5-12(9-13)16-21-20-15(24-16)10-25-17-19-11-23(22-17)14-7-2-1-3-8-14/h1-9,11H,10H2. The Labute approximate surface area is 156 Å². The van der Waals surface area contributed by atoms with Gasteiger partial charge in [-0.05, 0) is 30.3 Å². The summed E-state index contributed by atoms with van der Waals surface area (Å²) < 4.78 is 8.42. The molecule has 0 spiro atoms. The van der Waals surface area contributed by atoms with Crippen molar-refractivity contribution in [3.05, 3.63) is 71.3 Å². The van der Waals surface area contributed by atoms with Crippen LogP contribution in [0.4, 0.5) is 0 Å². The molecule has 0 amide bonds. The van der Waals surface area contributed by atoms with E-state index in [1.165, 1.54) is 11.8 Å². The molecule has 0 aliphatic carbocycles. The van der Waals surface area contributed by atoms with Crippen LogP contribution in [0.5, 0.6) is 0 Å². The van der Waals surface area contributed by atoms with Crippen molar-refractivity contribution in [2.75, 3.05) is 0 Å². The van der Waals surface area contributed by atoms with E-state index in [1.54, 1.807) is 11.0 Å². The minimum Gasteiger partial charge on any atom is -0.420 e. The van der Waals surface area contributed by atoms with Gasteiger partial charge in [0.1, 0.15) is 6.33 Å². The van der Waals surface area contributed by atoms with Crippen LogP contribution in [-0.2, 0) is 5.75 Å². The number of hydrogen-bond donors (Lipinski definition) is 0. The van der Waals surface area contributed by atoms with Gasteiger partial charge in [-0.2, -0.15) is 0 Å². The van der Waals surface area contributed by atoms with Gasteiger partial charge in [-0.25, -0.2) is 9.67 Å². The molecular weight excluding hydrogens is 402 g/mol. The maximum absolute atomic E-state index is 5.71. The van der Waals surface area contributed by atoms with Crippen molar-refractivity contribution < 1.29 is 4.42 Å². The molecule has 0 unspecified atom stereocenters. The van der Waals surface area contributed by atoms with Crippen LogP contribution in [0, 0.1) is 0 Å². The van der Waals surface area contributed by atoms with Gasteiger partial charge in [0.15, 0.2) is 0 Å². The maximum atomic E-state index is 5.71. The third kappa shape index (κ3) is 3.80. The zero-order valence-electron chi connectivity index (χ0n) is 12.9. The third-order valence-corrected chi connectivity index (χ3v) is 4.68. The summed E-state index contributed by atoms with van der Waals surface area (Å²) in [6.07, 6.45) is 1.69. The van der Waals surface area contributed by atoms with Crippen LogP contribution in [0.25, 0.3) is 17.1 Å². The Hall–Kier alpha value is -2.45. The summed E-state index contributed by atoms with van der Waals surface area (Å²) in [6.45, 7) is 0. The second-order valence-electron chi connectivity index (χ2n) is 5.11. The Kier molecular flexibility index (Phi) is 4.62. The summed E-state index contributed by atoms with van der Waals surface area (Å²) in [4.78, 5) is 4.30. The molecule has 124 valence electrons. The zero-order chi connectivity index (χ0) is 17.1. The highest BCUT2D eigenvalue weighted by atomic mass is 79.9. The Morgan fingerprint density at radius 3 is 2.76 bits per heavy atom. The first kappa shape index (κ1) is 16.0. The van der Waals surface area contributed by atoms with E-state index in [1.807, 2.05) is 54.6 Å². The molecule has 0 radical (unpaired) electrons. The van der Waals surface area contributed by atoms with Gasteiger partial charge in [-0.1, -0.05) is 52.0 Å². The number of hydrogen-bond acceptors (Lipinski definition) is 6. The summed E-state index contributed by atoms with van der Waals surface area (Å²) in [5.41, 5.74) is 1.85. The van der Waals surface area contributed by atoms with Crippen LogP contribution in [0.3, 0.4) is 0 Å². The fourth-order valence-corrected chi connectivity index (χ4v) is 3.23. The maximum Gasteiger partial charge on any atom is 0.247 e. The average molecular weight is 414 g/mol. The lowest BCUT2D eigenvalue weighted by Crippen LogP contribution is -1.93. The fraction of sp³-hybridized carbons (Fsp3) is 0.0588. The van der Waals surface area contributed by atoms with Crippen molar-refractivity contribution in [2.45, 2.75) is 10.9 Å². The fourth-order valence-electron chi connectivity index (χ4n) is 2.20. The Balaban J connectivity index is 1.43. The van der Waals surface area contributed by atoms with E-state index in [0.29, 0.717) is 22.7 Å². The smallest absolute Gasteiger partial charge is 0.247 e. The normalized spacial score (nSPS) is 10.9. The predicted molar refractivity (Wildman–Crippen MR) is 98.4 cm³/mol. The van der Waals surface area contributed by atoms with Crippen molar-refractivity contribution in [2.24, 2.45) is 0 Å². The first-order valence-electron chi connectivity index (χ1n) is 7.46. The van der Waals surface area contributed by atoms with Crippen LogP contribution < -0.4 is 0 Å². The average Bonchev–Trinajstić information content (AvgIpc) is 3.30. The van der Waals surface area contributed by atoms with Gasteiger partial charge >= 0.3 is 0 Å². The molecule has 0 N–H and O–H groups in total. The number of halogens is 1. The van der Waals surface area contributed by atoms with Crippen molar-refractivity contribution in [3.63, 3.8) is 0 Å². The summed E-state index contributed by atoms with van der Waals surface area (Å²) in [6, 6.07) is 17.6. The molecule has 2 heterocycles. The van der Waals surface area contributed by atoms with Gasteiger partial charge in [0.2, 0.25) is 16.9 Å². The van der Waals surface area contributed by atoms with Gasteiger partial charge < -0.3 is 4.42 Å². The lowest BCUT2D eigenvalue weighted by atomic mass is 10.2. The largest absolute Gasteiger partial charge is 0.420 e. The van der Waals surface area contributed by atoms with E-state index < -0.39 is 0 Å². The van der Waals surface area contributed by atoms with E-state index >= 15 is 0 Å². The van der Waals surface area contributed by atoms with Gasteiger partial charge in [-0.3, -0.25) is 0 Å². The third-order valence-electron chi connectivity index (χ3n) is 3.35. The highest BCUT2D eigenvalue weighted by Gasteiger charge is 2.11. The molecule has 25 heavy (non-hydrogen) atoms. The molecule has 4 aromatic rings. The quantitative estimate of drug-likeness (QED) is 0.452. The Morgan fingerprint density at radius 1 is 1.04 bits per heavy atom. The van der Waals surface area contributed by atoms with Crippen LogP contribution >= 0.6 is 27.7 Å². The topological polar surface area (TPSA) is 69.6 Å². The lowest BCUT2D eigenvalue weighted by molar-refractivity contribution is 0.528. The number of para-hydroxylation sites is 1. The first-order chi connectivity index (χ1) is 12.3. The van der Waals surface area contributed by atoms with Crippen LogP contribution in [0.2, 0.25) is 0 Å². The molecule has 0 aliphatic rings. The summed E-state index contributed by atoms with van der Waals surface area (Å²) in [5.74, 6) is 1.55. The number of nitrogens with zero attached hydrogens (tertiary/aromatic N) is 5. The molecule has 0 aliphatic heterocycles. The second kappa shape index (κ2) is 7.20. The van der Waals surface area contributed by atoms with Crippen LogP contribution in [-0.4, -0.2) is 25.0 Å². The van der Waals surface area contributed by atoms with E-state index in [9.17, 15) is 0 Å². The van der Waals surface area contributed by atoms with E-state index in [-0.39, 0.29) is 0 Å². The summed E-state index contributed by atoms with van der Waals surface area (Å²) in [7, 11) is 0. The van der Waals surface area contributed by atoms with E-state index in [4.69, 9.17) is 4.42 Å². The van der Waals surface area contributed by atoms with Crippen LogP contribution in [0.15, 0.2) is 75.0 Å². The van der Waals surface area contributed by atoms with Gasteiger partial charge in [-0.15, -0.1) is 15.3 Å². The highest BCUT2D eigenvalue weighted by molar-refractivity contribution is 9.10. The summed E-state index contributed by atoms with van der Waals surface area (Å²) >= 11 is 4.89. The highest BCUT2D eigenvalue weighted by Crippen LogP contribution is 2.24. The minimum absolute atomic E-state index is 0.500. The molecule has 0 bridgehead atoms. The molecule has 6 nitrogen and oxygen atoms in total. The molecule has 4 rings (SSSR count). The molecule has 0 atom stereocenters. The van der Waals surface area contributed by atoms with Crippen LogP contribution in [0.1, 0.15) is 5.89 Å². The van der Waals surface area contributed by atoms with Crippen molar-refractivity contribution >= 4 is 27.7 Å². The van der Waals surface area contributed by atoms with Gasteiger partial charge in [0, 0.05) is 10.0 Å². The molecule has 0 fully saturated rings. The van der Waals surface area contributed by atoms with Crippen molar-refractivity contribution in [1.82, 2.24) is 25.0 Å². The minimum atomic E-state index is 0.500. The van der Waals surface area contributed by atoms with E-state index in [0.717, 1.165) is 15.7 Å². The van der Waals surface area contributed by atoms with Gasteiger partial charge in [0.25, 0.3) is 0 Å². The molecular formula is C17H12BrN5OS. The van der Waals surface area contributed by atoms with Crippen molar-refractivity contribution in [3.8, 4) is 17.1 Å². The number of rotatable bonds is 5. The molecule has 0 saturated heterocycles. The number of benzene rings is 2. The van der Waals surface area contributed by atoms with E-state index in [2.05, 4.69) is 36.2 Å². The molecule has 2 aromatic carbocycles. The SMILES string of the molecule is Brc1cccc(-c2nnc(CSc3ncn(-c4ccccc4)n3)o2)c1. The first-order valence-corrected chi connectivity index (χ1v) is 9.24. The van der Waals surface area contributed by atoms with Gasteiger partial charge in [0.05, 0.1) is 11.4 Å². The number of aromatic nitrogens is 5. The molecule has 2 aromatic heterocycles. The van der Waals surface area contributed by atoms with Crippen molar-refractivity contribution in [1.29, 1.82) is 0 Å². The monoisotopic (exact) mass is 413 g/mol. The number of thioether (sulfide) groups is 1. The Bertz CT molecular complexity index is 985. The molecule has 0 saturated carbocycles. The summed E-state index contributed by atoms with van der Waals surface area (Å²) in [5, 5.41) is 13.3. The molecule has 8 heteroatoms. The second-order valence-corrected chi connectivity index (χ2v) is 6.97. The zero-order valence-corrected chi connectivity index (χ0v) is 15.3. The lowest BCUT2D eigenvalue weighted by Gasteiger charge is -1.97.